The highest BCUT2D eigenvalue weighted by atomic mass is 35.5. The number of para-hydroxylation sites is 2. The van der Waals surface area contributed by atoms with Gasteiger partial charge in [-0.05, 0) is 42.7 Å². The molecule has 0 unspecified atom stereocenters. The van der Waals surface area contributed by atoms with Crippen molar-refractivity contribution in [2.75, 3.05) is 32.2 Å². The Morgan fingerprint density at radius 2 is 1.90 bits per heavy atom. The van der Waals surface area contributed by atoms with Crippen LogP contribution in [0.4, 0.5) is 0 Å². The van der Waals surface area contributed by atoms with Gasteiger partial charge in [0.2, 0.25) is 5.91 Å². The van der Waals surface area contributed by atoms with Crippen LogP contribution in [0.3, 0.4) is 0 Å². The highest BCUT2D eigenvalue weighted by Gasteiger charge is 2.28. The van der Waals surface area contributed by atoms with Crippen LogP contribution in [-0.4, -0.2) is 61.1 Å². The molecule has 2 aromatic carbocycles. The second-order valence-electron chi connectivity index (χ2n) is 7.00. The molecule has 30 heavy (non-hydrogen) atoms. The van der Waals surface area contributed by atoms with E-state index in [1.54, 1.807) is 48.0 Å². The van der Waals surface area contributed by atoms with E-state index in [1.807, 2.05) is 30.5 Å². The Hall–Kier alpha value is -2.38. The summed E-state index contributed by atoms with van der Waals surface area (Å²) >= 11 is 7.75. The van der Waals surface area contributed by atoms with Crippen molar-refractivity contribution in [1.29, 1.82) is 0 Å². The molecule has 1 N–H and O–H groups in total. The third-order valence-corrected chi connectivity index (χ3v) is 5.73. The Labute approximate surface area is 185 Å². The normalized spacial score (nSPS) is 15.9. The maximum atomic E-state index is 13.1. The van der Waals surface area contributed by atoms with Crippen molar-refractivity contribution in [2.45, 2.75) is 18.6 Å². The van der Waals surface area contributed by atoms with Crippen LogP contribution in [0, 0.1) is 0 Å². The Balaban J connectivity index is 1.64. The van der Waals surface area contributed by atoms with Crippen molar-refractivity contribution in [3.8, 4) is 11.5 Å². The highest BCUT2D eigenvalue weighted by Crippen LogP contribution is 2.31. The molecule has 8 heteroatoms. The average molecular weight is 449 g/mol. The molecular formula is C22H25ClN2O4S. The van der Waals surface area contributed by atoms with E-state index in [-0.39, 0.29) is 17.9 Å². The Kier molecular flexibility index (Phi) is 7.87. The molecule has 0 bridgehead atoms. The number of amides is 2. The predicted molar refractivity (Wildman–Crippen MR) is 120 cm³/mol. The number of hydrogen-bond acceptors (Lipinski definition) is 5. The molecule has 0 saturated carbocycles. The third-order valence-electron chi connectivity index (χ3n) is 4.75. The van der Waals surface area contributed by atoms with Crippen molar-refractivity contribution in [3.63, 3.8) is 0 Å². The monoisotopic (exact) mass is 448 g/mol. The second-order valence-corrected chi connectivity index (χ2v) is 8.40. The van der Waals surface area contributed by atoms with Crippen molar-refractivity contribution in [2.24, 2.45) is 0 Å². The minimum Gasteiger partial charge on any atom is -0.486 e. The smallest absolute Gasteiger partial charge is 0.253 e. The fraction of sp³-hybridized carbons (Fsp3) is 0.364. The van der Waals surface area contributed by atoms with Crippen LogP contribution < -0.4 is 14.8 Å². The molecule has 0 spiro atoms. The zero-order valence-corrected chi connectivity index (χ0v) is 18.5. The first-order valence-corrected chi connectivity index (χ1v) is 11.4. The number of carbonyl (C=O) groups excluding carboxylic acids is 2. The number of carbonyl (C=O) groups is 2. The van der Waals surface area contributed by atoms with E-state index in [1.165, 1.54) is 0 Å². The van der Waals surface area contributed by atoms with Crippen LogP contribution >= 0.6 is 23.4 Å². The van der Waals surface area contributed by atoms with E-state index in [4.69, 9.17) is 21.1 Å². The fourth-order valence-electron chi connectivity index (χ4n) is 3.19. The highest BCUT2D eigenvalue weighted by molar-refractivity contribution is 7.98. The molecule has 1 aliphatic heterocycles. The van der Waals surface area contributed by atoms with Crippen LogP contribution in [0.25, 0.3) is 0 Å². The number of likely N-dealkylation sites (N-methyl/N-ethyl adjacent to an activating group) is 1. The van der Waals surface area contributed by atoms with Crippen molar-refractivity contribution in [1.82, 2.24) is 10.2 Å². The van der Waals surface area contributed by atoms with Gasteiger partial charge in [-0.3, -0.25) is 9.59 Å². The molecule has 1 heterocycles. The average Bonchev–Trinajstić information content (AvgIpc) is 2.76. The van der Waals surface area contributed by atoms with E-state index in [2.05, 4.69) is 5.32 Å². The summed E-state index contributed by atoms with van der Waals surface area (Å²) in [4.78, 5) is 27.4. The summed E-state index contributed by atoms with van der Waals surface area (Å²) in [5.41, 5.74) is 0.351. The second kappa shape index (κ2) is 10.6. The molecule has 0 aliphatic carbocycles. The minimum atomic E-state index is -0.650. The lowest BCUT2D eigenvalue weighted by Gasteiger charge is -2.31. The third kappa shape index (κ3) is 5.61. The molecule has 160 valence electrons. The molecule has 2 amide bonds. The maximum absolute atomic E-state index is 13.1. The van der Waals surface area contributed by atoms with E-state index in [0.717, 1.165) is 5.75 Å². The zero-order valence-electron chi connectivity index (χ0n) is 17.0. The van der Waals surface area contributed by atoms with Gasteiger partial charge in [0.1, 0.15) is 12.6 Å². The molecule has 2 aromatic rings. The van der Waals surface area contributed by atoms with Gasteiger partial charge < -0.3 is 19.7 Å². The fourth-order valence-corrected chi connectivity index (χ4v) is 3.88. The number of hydrogen-bond donors (Lipinski definition) is 1. The predicted octanol–water partition coefficient (Wildman–Crippen LogP) is 3.49. The number of benzene rings is 2. The van der Waals surface area contributed by atoms with Crippen LogP contribution in [0.2, 0.25) is 5.02 Å². The number of ether oxygens (including phenoxy) is 2. The lowest BCUT2D eigenvalue weighted by atomic mass is 10.1. The first-order valence-electron chi connectivity index (χ1n) is 9.67. The first-order chi connectivity index (χ1) is 14.5. The van der Waals surface area contributed by atoms with E-state index < -0.39 is 6.04 Å². The Morgan fingerprint density at radius 1 is 1.20 bits per heavy atom. The molecule has 3 rings (SSSR count). The van der Waals surface area contributed by atoms with Gasteiger partial charge in [-0.25, -0.2) is 0 Å². The van der Waals surface area contributed by atoms with Gasteiger partial charge in [0, 0.05) is 7.05 Å². The topological polar surface area (TPSA) is 67.9 Å². The van der Waals surface area contributed by atoms with E-state index >= 15 is 0 Å². The van der Waals surface area contributed by atoms with Crippen LogP contribution in [0.15, 0.2) is 48.5 Å². The standard InChI is InChI=1S/C22H25ClN2O4S/c1-25(13-15-14-28-19-9-5-6-10-20(19)29-15)22(27)18(11-12-30-2)24-21(26)16-7-3-4-8-17(16)23/h3-10,15,18H,11-14H2,1-2H3,(H,24,26)/t15-,18-/m1/s1. The van der Waals surface area contributed by atoms with Gasteiger partial charge in [0.05, 0.1) is 17.1 Å². The maximum Gasteiger partial charge on any atom is 0.253 e. The van der Waals surface area contributed by atoms with Gasteiger partial charge in [0.25, 0.3) is 5.91 Å². The number of nitrogens with zero attached hydrogens (tertiary/aromatic N) is 1. The minimum absolute atomic E-state index is 0.174. The van der Waals surface area contributed by atoms with Crippen molar-refractivity contribution >= 4 is 35.2 Å². The van der Waals surface area contributed by atoms with Crippen LogP contribution in [0.5, 0.6) is 11.5 Å². The molecule has 2 atom stereocenters. The summed E-state index contributed by atoms with van der Waals surface area (Å²) in [5, 5.41) is 3.20. The molecule has 1 aliphatic rings. The van der Waals surface area contributed by atoms with Crippen molar-refractivity contribution in [3.05, 3.63) is 59.1 Å². The van der Waals surface area contributed by atoms with Crippen LogP contribution in [-0.2, 0) is 4.79 Å². The van der Waals surface area contributed by atoms with Gasteiger partial charge in [0.15, 0.2) is 17.6 Å². The summed E-state index contributed by atoms with van der Waals surface area (Å²) in [6.45, 7) is 0.709. The summed E-state index contributed by atoms with van der Waals surface area (Å²) < 4.78 is 11.7. The summed E-state index contributed by atoms with van der Waals surface area (Å²) in [7, 11) is 1.71. The summed E-state index contributed by atoms with van der Waals surface area (Å²) in [6, 6.07) is 13.6. The van der Waals surface area contributed by atoms with E-state index in [9.17, 15) is 9.59 Å². The zero-order chi connectivity index (χ0) is 21.5. The first kappa shape index (κ1) is 22.3. The Bertz CT molecular complexity index is 895. The van der Waals surface area contributed by atoms with Gasteiger partial charge in [-0.2, -0.15) is 11.8 Å². The SMILES string of the molecule is CSCC[C@@H](NC(=O)c1ccccc1Cl)C(=O)N(C)C[C@@H]1COc2ccccc2O1. The molecule has 0 aromatic heterocycles. The number of halogens is 1. The molecule has 0 saturated heterocycles. The number of rotatable bonds is 8. The summed E-state index contributed by atoms with van der Waals surface area (Å²) in [6.07, 6.45) is 2.20. The van der Waals surface area contributed by atoms with E-state index in [0.29, 0.717) is 41.7 Å². The van der Waals surface area contributed by atoms with Gasteiger partial charge >= 0.3 is 0 Å². The molecule has 0 fully saturated rings. The summed E-state index contributed by atoms with van der Waals surface area (Å²) in [5.74, 6) is 1.57. The molecule has 6 nitrogen and oxygen atoms in total. The lowest BCUT2D eigenvalue weighted by Crippen LogP contribution is -2.50. The largest absolute Gasteiger partial charge is 0.486 e. The number of fused-ring (bicyclic) bond motifs is 1. The number of thioether (sulfide) groups is 1. The van der Waals surface area contributed by atoms with Gasteiger partial charge in [-0.1, -0.05) is 35.9 Å². The van der Waals surface area contributed by atoms with Crippen molar-refractivity contribution < 1.29 is 19.1 Å². The van der Waals surface area contributed by atoms with Crippen LogP contribution in [0.1, 0.15) is 16.8 Å². The van der Waals surface area contributed by atoms with Gasteiger partial charge in [-0.15, -0.1) is 0 Å². The molecular weight excluding hydrogens is 424 g/mol. The molecule has 0 radical (unpaired) electrons. The lowest BCUT2D eigenvalue weighted by molar-refractivity contribution is -0.133. The quantitative estimate of drug-likeness (QED) is 0.669. The number of nitrogens with one attached hydrogen (secondary N) is 1. The Morgan fingerprint density at radius 3 is 2.63 bits per heavy atom.